The van der Waals surface area contributed by atoms with Gasteiger partial charge in [-0.1, -0.05) is 6.07 Å². The van der Waals surface area contributed by atoms with Crippen LogP contribution in [0, 0.1) is 0 Å². The molecule has 0 aliphatic carbocycles. The predicted octanol–water partition coefficient (Wildman–Crippen LogP) is -4.67. The number of hydrogen-bond donors (Lipinski definition) is 0. The van der Waals surface area contributed by atoms with Gasteiger partial charge in [0.05, 0.1) is 14.2 Å². The SMILES string of the molecule is COc1cccc(OC)c1.[I-].[I-].[Mg+2]. The monoisotopic (exact) mass is 416 g/mol. The topological polar surface area (TPSA) is 18.5 Å². The van der Waals surface area contributed by atoms with Crippen molar-refractivity contribution in [3.8, 4) is 11.5 Å². The molecule has 1 rings (SSSR count). The quantitative estimate of drug-likeness (QED) is 0.357. The van der Waals surface area contributed by atoms with E-state index in [9.17, 15) is 0 Å². The second-order valence-corrected chi connectivity index (χ2v) is 1.88. The van der Waals surface area contributed by atoms with Gasteiger partial charge in [0.15, 0.2) is 0 Å². The van der Waals surface area contributed by atoms with Crippen molar-refractivity contribution in [1.29, 1.82) is 0 Å². The Kier molecular flexibility index (Phi) is 16.8. The summed E-state index contributed by atoms with van der Waals surface area (Å²) in [7, 11) is 3.27. The summed E-state index contributed by atoms with van der Waals surface area (Å²) < 4.78 is 9.95. The average molecular weight is 416 g/mol. The molecule has 0 saturated carbocycles. The summed E-state index contributed by atoms with van der Waals surface area (Å²) in [4.78, 5) is 0. The van der Waals surface area contributed by atoms with Crippen molar-refractivity contribution in [3.63, 3.8) is 0 Å². The minimum atomic E-state index is 0. The van der Waals surface area contributed by atoms with E-state index >= 15 is 0 Å². The Morgan fingerprint density at radius 1 is 0.923 bits per heavy atom. The first-order valence-corrected chi connectivity index (χ1v) is 3.05. The Labute approximate surface area is 129 Å². The van der Waals surface area contributed by atoms with Gasteiger partial charge in [0, 0.05) is 6.07 Å². The predicted molar refractivity (Wildman–Crippen MR) is 45.3 cm³/mol. The van der Waals surface area contributed by atoms with Crippen molar-refractivity contribution in [2.24, 2.45) is 0 Å². The van der Waals surface area contributed by atoms with Crippen molar-refractivity contribution < 1.29 is 57.4 Å². The van der Waals surface area contributed by atoms with Crippen LogP contribution in [0.3, 0.4) is 0 Å². The molecule has 0 aromatic heterocycles. The molecule has 0 N–H and O–H groups in total. The van der Waals surface area contributed by atoms with E-state index in [1.165, 1.54) is 0 Å². The van der Waals surface area contributed by atoms with Crippen LogP contribution < -0.4 is 57.4 Å². The van der Waals surface area contributed by atoms with Gasteiger partial charge in [-0.15, -0.1) is 0 Å². The number of halogens is 2. The molecule has 13 heavy (non-hydrogen) atoms. The Hall–Kier alpha value is 1.05. The third-order valence-corrected chi connectivity index (χ3v) is 1.28. The number of rotatable bonds is 2. The van der Waals surface area contributed by atoms with Crippen LogP contribution in [-0.2, 0) is 0 Å². The van der Waals surface area contributed by atoms with Crippen molar-refractivity contribution >= 4 is 23.1 Å². The molecule has 0 aliphatic heterocycles. The molecule has 0 aliphatic rings. The van der Waals surface area contributed by atoms with Crippen LogP contribution in [0.1, 0.15) is 0 Å². The van der Waals surface area contributed by atoms with Crippen LogP contribution in [-0.4, -0.2) is 37.3 Å². The number of hydrogen-bond acceptors (Lipinski definition) is 2. The Morgan fingerprint density at radius 2 is 1.31 bits per heavy atom. The molecule has 0 atom stereocenters. The molecule has 5 heteroatoms. The second kappa shape index (κ2) is 11.1. The van der Waals surface area contributed by atoms with E-state index in [0.717, 1.165) is 11.5 Å². The largest absolute Gasteiger partial charge is 2.00 e. The summed E-state index contributed by atoms with van der Waals surface area (Å²) >= 11 is 0. The normalized spacial score (nSPS) is 6.92. The van der Waals surface area contributed by atoms with Crippen LogP contribution >= 0.6 is 0 Å². The summed E-state index contributed by atoms with van der Waals surface area (Å²) in [6.45, 7) is 0. The maximum absolute atomic E-state index is 4.98. The Balaban J connectivity index is -0.000000333. The number of methoxy groups -OCH3 is 2. The molecule has 70 valence electrons. The van der Waals surface area contributed by atoms with E-state index in [0.29, 0.717) is 0 Å². The maximum atomic E-state index is 4.98. The summed E-state index contributed by atoms with van der Waals surface area (Å²) in [5, 5.41) is 0. The first-order chi connectivity index (χ1) is 4.86. The van der Waals surface area contributed by atoms with Gasteiger partial charge in [-0.2, -0.15) is 0 Å². The minimum absolute atomic E-state index is 0. The van der Waals surface area contributed by atoms with Crippen LogP contribution in [0.2, 0.25) is 0 Å². The van der Waals surface area contributed by atoms with Gasteiger partial charge in [0.1, 0.15) is 11.5 Å². The molecule has 0 unspecified atom stereocenters. The van der Waals surface area contributed by atoms with Crippen LogP contribution in [0.4, 0.5) is 0 Å². The number of ether oxygens (including phenoxy) is 2. The summed E-state index contributed by atoms with van der Waals surface area (Å²) in [5.41, 5.74) is 0. The van der Waals surface area contributed by atoms with Crippen LogP contribution in [0.25, 0.3) is 0 Å². The maximum Gasteiger partial charge on any atom is 2.00 e. The first kappa shape index (κ1) is 19.6. The molecule has 0 amide bonds. The van der Waals surface area contributed by atoms with Gasteiger partial charge in [0.25, 0.3) is 0 Å². The van der Waals surface area contributed by atoms with Gasteiger partial charge in [-0.3, -0.25) is 0 Å². The second-order valence-electron chi connectivity index (χ2n) is 1.88. The van der Waals surface area contributed by atoms with E-state index in [2.05, 4.69) is 0 Å². The summed E-state index contributed by atoms with van der Waals surface area (Å²) in [5.74, 6) is 1.64. The van der Waals surface area contributed by atoms with Crippen molar-refractivity contribution in [2.45, 2.75) is 0 Å². The fourth-order valence-corrected chi connectivity index (χ4v) is 0.728. The number of benzene rings is 1. The molecular weight excluding hydrogens is 406 g/mol. The van der Waals surface area contributed by atoms with Gasteiger partial charge in [-0.05, 0) is 12.1 Å². The minimum Gasteiger partial charge on any atom is -1.00 e. The van der Waals surface area contributed by atoms with E-state index in [4.69, 9.17) is 9.47 Å². The average Bonchev–Trinajstić information content (AvgIpc) is 2.05. The smallest absolute Gasteiger partial charge is 1.00 e. The van der Waals surface area contributed by atoms with Crippen LogP contribution in [0.5, 0.6) is 11.5 Å². The zero-order valence-corrected chi connectivity index (χ0v) is 13.3. The third-order valence-electron chi connectivity index (χ3n) is 1.28. The molecule has 0 radical (unpaired) electrons. The Bertz CT molecular complexity index is 202. The van der Waals surface area contributed by atoms with Gasteiger partial charge >= 0.3 is 23.1 Å². The van der Waals surface area contributed by atoms with Gasteiger partial charge in [-0.25, -0.2) is 0 Å². The van der Waals surface area contributed by atoms with Crippen LogP contribution in [0.15, 0.2) is 24.3 Å². The molecule has 0 spiro atoms. The van der Waals surface area contributed by atoms with Gasteiger partial charge < -0.3 is 57.4 Å². The van der Waals surface area contributed by atoms with Crippen molar-refractivity contribution in [1.82, 2.24) is 0 Å². The van der Waals surface area contributed by atoms with Gasteiger partial charge in [0.2, 0.25) is 0 Å². The fourth-order valence-electron chi connectivity index (χ4n) is 0.728. The van der Waals surface area contributed by atoms with E-state index in [1.807, 2.05) is 24.3 Å². The molecule has 1 aromatic carbocycles. The fraction of sp³-hybridized carbons (Fsp3) is 0.250. The zero-order valence-electron chi connectivity index (χ0n) is 7.59. The van der Waals surface area contributed by atoms with E-state index < -0.39 is 0 Å². The molecule has 0 bridgehead atoms. The summed E-state index contributed by atoms with van der Waals surface area (Å²) in [6.07, 6.45) is 0. The molecule has 0 saturated heterocycles. The summed E-state index contributed by atoms with van der Waals surface area (Å²) in [6, 6.07) is 7.47. The third kappa shape index (κ3) is 7.03. The first-order valence-electron chi connectivity index (χ1n) is 3.05. The molecule has 0 heterocycles. The molecular formula is C8H10I2MgO2. The molecule has 2 nitrogen and oxygen atoms in total. The molecule has 1 aromatic rings. The van der Waals surface area contributed by atoms with E-state index in [1.54, 1.807) is 14.2 Å². The van der Waals surface area contributed by atoms with Crippen molar-refractivity contribution in [2.75, 3.05) is 14.2 Å². The Morgan fingerprint density at radius 3 is 1.62 bits per heavy atom. The van der Waals surface area contributed by atoms with Crippen molar-refractivity contribution in [3.05, 3.63) is 24.3 Å². The zero-order chi connectivity index (χ0) is 7.40. The van der Waals surface area contributed by atoms with E-state index in [-0.39, 0.29) is 71.0 Å². The standard InChI is InChI=1S/C8H10O2.2HI.Mg/c1-9-7-4-3-5-8(6-7)10-2;;;/h3-6H,1-2H3;2*1H;/q;;;+2/p-2. The molecule has 0 fully saturated rings.